The number of nitrogens with zero attached hydrogens (tertiary/aromatic N) is 3. The summed E-state index contributed by atoms with van der Waals surface area (Å²) in [7, 11) is 0. The van der Waals surface area contributed by atoms with Gasteiger partial charge in [-0.25, -0.2) is 9.18 Å². The van der Waals surface area contributed by atoms with Crippen LogP contribution < -0.4 is 5.01 Å². The average molecular weight is 406 g/mol. The number of hydrazone groups is 1. The third-order valence-electron chi connectivity index (χ3n) is 4.56. The number of benzene rings is 3. The van der Waals surface area contributed by atoms with Gasteiger partial charge >= 0.3 is 0 Å². The van der Waals surface area contributed by atoms with Crippen molar-refractivity contribution < 1.29 is 14.0 Å². The molecule has 0 spiro atoms. The van der Waals surface area contributed by atoms with Crippen molar-refractivity contribution in [2.45, 2.75) is 6.04 Å². The zero-order chi connectivity index (χ0) is 20.4. The number of hydrogen-bond donors (Lipinski definition) is 0. The Labute approximate surface area is 170 Å². The molecule has 0 radical (unpaired) electrons. The van der Waals surface area contributed by atoms with Crippen LogP contribution >= 0.6 is 11.6 Å². The SMILES string of the molecule is O=C=NN1C(=O)C(c2ccccc2Cl)N=C(c2ccccc2F)c2ccccc21. The minimum absolute atomic E-state index is 0.224. The average Bonchev–Trinajstić information content (AvgIpc) is 2.85. The van der Waals surface area contributed by atoms with Crippen LogP contribution in [0.4, 0.5) is 10.1 Å². The van der Waals surface area contributed by atoms with Crippen LogP contribution in [0, 0.1) is 5.82 Å². The van der Waals surface area contributed by atoms with E-state index >= 15 is 0 Å². The van der Waals surface area contributed by atoms with Crippen molar-refractivity contribution in [2.24, 2.45) is 10.1 Å². The molecule has 1 heterocycles. The van der Waals surface area contributed by atoms with Crippen LogP contribution in [0.3, 0.4) is 0 Å². The number of carbonyl (C=O) groups excluding carboxylic acids is 2. The number of para-hydroxylation sites is 1. The summed E-state index contributed by atoms with van der Waals surface area (Å²) in [5, 5.41) is 4.85. The van der Waals surface area contributed by atoms with E-state index in [4.69, 9.17) is 11.6 Å². The van der Waals surface area contributed by atoms with E-state index in [9.17, 15) is 14.0 Å². The number of anilines is 1. The minimum Gasteiger partial charge on any atom is -0.270 e. The maximum Gasteiger partial charge on any atom is 0.277 e. The molecule has 4 rings (SSSR count). The molecule has 3 aromatic rings. The maximum atomic E-state index is 14.7. The van der Waals surface area contributed by atoms with Crippen LogP contribution in [-0.2, 0) is 9.59 Å². The molecule has 1 unspecified atom stereocenters. The van der Waals surface area contributed by atoms with E-state index in [1.54, 1.807) is 66.7 Å². The van der Waals surface area contributed by atoms with Gasteiger partial charge in [0, 0.05) is 21.7 Å². The van der Waals surface area contributed by atoms with Crippen molar-refractivity contribution in [1.82, 2.24) is 0 Å². The highest BCUT2D eigenvalue weighted by Gasteiger charge is 2.34. The number of carbonyl (C=O) groups is 1. The largest absolute Gasteiger partial charge is 0.277 e. The molecule has 142 valence electrons. The molecule has 0 saturated carbocycles. The second-order valence-corrected chi connectivity index (χ2v) is 6.65. The minimum atomic E-state index is -1.12. The molecular formula is C22H13ClFN3O2. The number of aliphatic imine (C=N–C) groups is 1. The van der Waals surface area contributed by atoms with Gasteiger partial charge in [0.1, 0.15) is 5.82 Å². The van der Waals surface area contributed by atoms with E-state index < -0.39 is 17.8 Å². The summed E-state index contributed by atoms with van der Waals surface area (Å²) in [5.74, 6) is -1.08. The first-order valence-corrected chi connectivity index (χ1v) is 9.08. The van der Waals surface area contributed by atoms with Gasteiger partial charge in [-0.15, -0.1) is 0 Å². The molecule has 29 heavy (non-hydrogen) atoms. The Balaban J connectivity index is 2.05. The van der Waals surface area contributed by atoms with Crippen molar-refractivity contribution in [3.05, 3.63) is 100 Å². The monoisotopic (exact) mass is 405 g/mol. The Morgan fingerprint density at radius 2 is 1.62 bits per heavy atom. The molecule has 1 amide bonds. The van der Waals surface area contributed by atoms with E-state index in [1.165, 1.54) is 12.1 Å². The number of halogens is 2. The van der Waals surface area contributed by atoms with E-state index in [2.05, 4.69) is 10.1 Å². The maximum absolute atomic E-state index is 14.7. The number of fused-ring (bicyclic) bond motifs is 1. The van der Waals surface area contributed by atoms with Crippen molar-refractivity contribution in [1.29, 1.82) is 0 Å². The first-order chi connectivity index (χ1) is 14.1. The van der Waals surface area contributed by atoms with Crippen molar-refractivity contribution >= 4 is 35.0 Å². The number of rotatable bonds is 3. The number of hydrogen-bond acceptors (Lipinski definition) is 4. The van der Waals surface area contributed by atoms with Gasteiger partial charge in [-0.3, -0.25) is 9.79 Å². The fourth-order valence-electron chi connectivity index (χ4n) is 3.26. The highest BCUT2D eigenvalue weighted by atomic mass is 35.5. The summed E-state index contributed by atoms with van der Waals surface area (Å²) in [4.78, 5) is 29.0. The van der Waals surface area contributed by atoms with Crippen molar-refractivity contribution in [2.75, 3.05) is 5.01 Å². The molecule has 0 bridgehead atoms. The van der Waals surface area contributed by atoms with Gasteiger partial charge in [-0.1, -0.05) is 65.2 Å². The molecule has 5 nitrogen and oxygen atoms in total. The Kier molecular flexibility index (Phi) is 5.04. The fraction of sp³-hybridized carbons (Fsp3) is 0.0455. The first kappa shape index (κ1) is 18.7. The number of isocyanates is 1. The molecule has 0 aromatic heterocycles. The lowest BCUT2D eigenvalue weighted by Gasteiger charge is -2.19. The number of benzodiazepines with no additional fused rings is 1. The van der Waals surface area contributed by atoms with Crippen LogP contribution in [0.2, 0.25) is 5.02 Å². The lowest BCUT2D eigenvalue weighted by Crippen LogP contribution is -2.29. The van der Waals surface area contributed by atoms with E-state index in [1.807, 2.05) is 0 Å². The summed E-state index contributed by atoms with van der Waals surface area (Å²) in [6.07, 6.45) is 1.41. The molecule has 1 aliphatic rings. The molecule has 1 aliphatic heterocycles. The Morgan fingerprint density at radius 3 is 2.34 bits per heavy atom. The normalized spacial score (nSPS) is 15.8. The Bertz CT molecular complexity index is 1190. The van der Waals surface area contributed by atoms with Crippen molar-refractivity contribution in [3.8, 4) is 0 Å². The summed E-state index contributed by atoms with van der Waals surface area (Å²) < 4.78 is 14.7. The van der Waals surface area contributed by atoms with Gasteiger partial charge in [0.05, 0.1) is 11.4 Å². The molecule has 0 fully saturated rings. The van der Waals surface area contributed by atoms with Crippen molar-refractivity contribution in [3.63, 3.8) is 0 Å². The third-order valence-corrected chi connectivity index (χ3v) is 4.90. The van der Waals surface area contributed by atoms with Gasteiger partial charge < -0.3 is 0 Å². The van der Waals surface area contributed by atoms with Crippen LogP contribution in [0.25, 0.3) is 0 Å². The van der Waals surface area contributed by atoms with E-state index in [0.29, 0.717) is 21.8 Å². The van der Waals surface area contributed by atoms with Gasteiger partial charge in [0.15, 0.2) is 6.04 Å². The topological polar surface area (TPSA) is 62.1 Å². The van der Waals surface area contributed by atoms with E-state index in [0.717, 1.165) is 5.01 Å². The highest BCUT2D eigenvalue weighted by Crippen LogP contribution is 2.36. The predicted molar refractivity (Wildman–Crippen MR) is 108 cm³/mol. The van der Waals surface area contributed by atoms with Crippen LogP contribution in [0.15, 0.2) is 82.9 Å². The molecule has 7 heteroatoms. The highest BCUT2D eigenvalue weighted by molar-refractivity contribution is 6.32. The quantitative estimate of drug-likeness (QED) is 0.470. The molecule has 0 saturated heterocycles. The number of amides is 1. The Morgan fingerprint density at radius 1 is 0.966 bits per heavy atom. The van der Waals surface area contributed by atoms with Gasteiger partial charge in [-0.2, -0.15) is 5.01 Å². The summed E-state index contributed by atoms with van der Waals surface area (Å²) >= 11 is 6.32. The Hall–Kier alpha value is -3.60. The van der Waals surface area contributed by atoms with Crippen LogP contribution in [0.5, 0.6) is 0 Å². The summed E-state index contributed by atoms with van der Waals surface area (Å²) in [6.45, 7) is 0. The third kappa shape index (κ3) is 3.36. The lowest BCUT2D eigenvalue weighted by molar-refractivity contribution is -0.119. The zero-order valence-electron chi connectivity index (χ0n) is 14.9. The molecule has 1 atom stereocenters. The fourth-order valence-corrected chi connectivity index (χ4v) is 3.50. The molecule has 0 aliphatic carbocycles. The van der Waals surface area contributed by atoms with Gasteiger partial charge in [-0.05, 0) is 24.3 Å². The molecular weight excluding hydrogens is 393 g/mol. The summed E-state index contributed by atoms with van der Waals surface area (Å²) in [6, 6.07) is 18.5. The molecule has 0 N–H and O–H groups in total. The predicted octanol–water partition coefficient (Wildman–Crippen LogP) is 4.66. The standard InChI is InChI=1S/C22H13ClFN3O2/c23-17-10-4-1-7-14(17)21-22(29)27(25-13-28)19-12-6-3-9-16(19)20(26-21)15-8-2-5-11-18(15)24/h1-12,21H. The van der Waals surface area contributed by atoms with Gasteiger partial charge in [0.25, 0.3) is 12.0 Å². The van der Waals surface area contributed by atoms with E-state index in [-0.39, 0.29) is 11.3 Å². The smallest absolute Gasteiger partial charge is 0.270 e. The zero-order valence-corrected chi connectivity index (χ0v) is 15.7. The molecule has 3 aromatic carbocycles. The lowest BCUT2D eigenvalue weighted by atomic mass is 10.00. The first-order valence-electron chi connectivity index (χ1n) is 8.70. The van der Waals surface area contributed by atoms with Crippen LogP contribution in [0.1, 0.15) is 22.7 Å². The second-order valence-electron chi connectivity index (χ2n) is 6.24. The second kappa shape index (κ2) is 7.80. The van der Waals surface area contributed by atoms with Crippen LogP contribution in [-0.4, -0.2) is 17.7 Å². The van der Waals surface area contributed by atoms with Gasteiger partial charge in [0.2, 0.25) is 0 Å². The summed E-state index contributed by atoms with van der Waals surface area (Å²) in [5.41, 5.74) is 1.67.